The van der Waals surface area contributed by atoms with Crippen LogP contribution in [0.2, 0.25) is 0 Å². The Morgan fingerprint density at radius 3 is 1.74 bits per heavy atom. The summed E-state index contributed by atoms with van der Waals surface area (Å²) in [7, 11) is 0. The van der Waals surface area contributed by atoms with E-state index in [0.29, 0.717) is 0 Å². The molecule has 2 aliphatic rings. The summed E-state index contributed by atoms with van der Waals surface area (Å²) in [6, 6.07) is 10.8. The lowest BCUT2D eigenvalue weighted by atomic mass is 10.2. The first kappa shape index (κ1) is 14.8. The van der Waals surface area contributed by atoms with Crippen LogP contribution in [0.5, 0.6) is 0 Å². The van der Waals surface area contributed by atoms with Crippen molar-refractivity contribution in [3.63, 3.8) is 0 Å². The Morgan fingerprint density at radius 2 is 1.26 bits per heavy atom. The first-order valence-corrected chi connectivity index (χ1v) is 9.00. The Bertz CT molecular complexity index is 302. The van der Waals surface area contributed by atoms with E-state index in [1.807, 2.05) is 0 Å². The fourth-order valence-electron chi connectivity index (χ4n) is 2.65. The summed E-state index contributed by atoms with van der Waals surface area (Å²) in [6.07, 6.45) is 9.93. The van der Waals surface area contributed by atoms with Gasteiger partial charge < -0.3 is 4.90 Å². The molecule has 2 saturated heterocycles. The molecule has 0 spiro atoms. The van der Waals surface area contributed by atoms with E-state index in [0.717, 1.165) is 0 Å². The fraction of sp³-hybridized carbons (Fsp3) is 0.647. The number of hydrogen-bond acceptors (Lipinski definition) is 2. The van der Waals surface area contributed by atoms with Gasteiger partial charge in [-0.05, 0) is 49.3 Å². The highest BCUT2D eigenvalue weighted by molar-refractivity contribution is 7.99. The second-order valence-electron chi connectivity index (χ2n) is 5.41. The molecule has 2 heterocycles. The van der Waals surface area contributed by atoms with Crippen molar-refractivity contribution >= 4 is 17.4 Å². The molecule has 2 heteroatoms. The van der Waals surface area contributed by atoms with Crippen molar-refractivity contribution in [3.8, 4) is 0 Å². The van der Waals surface area contributed by atoms with E-state index >= 15 is 0 Å². The highest BCUT2D eigenvalue weighted by Gasteiger charge is 2.08. The zero-order valence-corrected chi connectivity index (χ0v) is 12.8. The van der Waals surface area contributed by atoms with Crippen molar-refractivity contribution in [1.29, 1.82) is 0 Å². The Labute approximate surface area is 122 Å². The van der Waals surface area contributed by atoms with Gasteiger partial charge in [-0.3, -0.25) is 0 Å². The number of anilines is 1. The summed E-state index contributed by atoms with van der Waals surface area (Å²) in [5, 5.41) is 0. The zero-order chi connectivity index (χ0) is 13.2. The Balaban J connectivity index is 0.000000186. The molecule has 19 heavy (non-hydrogen) atoms. The lowest BCUT2D eigenvalue weighted by molar-refractivity contribution is 0.726. The van der Waals surface area contributed by atoms with Crippen LogP contribution in [-0.4, -0.2) is 24.6 Å². The van der Waals surface area contributed by atoms with Crippen molar-refractivity contribution in [2.75, 3.05) is 29.5 Å². The van der Waals surface area contributed by atoms with Crippen molar-refractivity contribution in [2.45, 2.75) is 44.9 Å². The maximum Gasteiger partial charge on any atom is 0.0366 e. The summed E-state index contributed by atoms with van der Waals surface area (Å²) in [4.78, 5) is 2.51. The van der Waals surface area contributed by atoms with Crippen LogP contribution in [0.25, 0.3) is 0 Å². The SMILES string of the molecule is C1CCSCC1.c1ccc(N2CCCCCC2)cc1. The molecule has 1 nitrogen and oxygen atoms in total. The summed E-state index contributed by atoms with van der Waals surface area (Å²) >= 11 is 2.09. The molecule has 0 aliphatic carbocycles. The van der Waals surface area contributed by atoms with Crippen molar-refractivity contribution < 1.29 is 0 Å². The third-order valence-corrected chi connectivity index (χ3v) is 4.96. The van der Waals surface area contributed by atoms with Crippen LogP contribution >= 0.6 is 11.8 Å². The normalized spacial score (nSPS) is 20.1. The Morgan fingerprint density at radius 1 is 0.684 bits per heavy atom. The molecule has 0 N–H and O–H groups in total. The van der Waals surface area contributed by atoms with Gasteiger partial charge in [-0.15, -0.1) is 0 Å². The first-order valence-electron chi connectivity index (χ1n) is 7.84. The van der Waals surface area contributed by atoms with Gasteiger partial charge in [0, 0.05) is 18.8 Å². The molecule has 0 amide bonds. The van der Waals surface area contributed by atoms with Gasteiger partial charge >= 0.3 is 0 Å². The highest BCUT2D eigenvalue weighted by atomic mass is 32.2. The van der Waals surface area contributed by atoms with E-state index in [1.165, 1.54) is 75.2 Å². The van der Waals surface area contributed by atoms with Crippen LogP contribution < -0.4 is 4.90 Å². The van der Waals surface area contributed by atoms with Crippen LogP contribution in [0.1, 0.15) is 44.9 Å². The van der Waals surface area contributed by atoms with E-state index in [-0.39, 0.29) is 0 Å². The number of thioether (sulfide) groups is 1. The average molecular weight is 277 g/mol. The summed E-state index contributed by atoms with van der Waals surface area (Å²) in [5.74, 6) is 2.83. The van der Waals surface area contributed by atoms with Gasteiger partial charge in [0.05, 0.1) is 0 Å². The van der Waals surface area contributed by atoms with Gasteiger partial charge in [-0.25, -0.2) is 0 Å². The molecule has 0 aromatic heterocycles. The van der Waals surface area contributed by atoms with Gasteiger partial charge in [0.2, 0.25) is 0 Å². The molecule has 0 unspecified atom stereocenters. The number of rotatable bonds is 1. The number of hydrogen-bond donors (Lipinski definition) is 0. The van der Waals surface area contributed by atoms with Gasteiger partial charge in [-0.2, -0.15) is 11.8 Å². The Hall–Kier alpha value is -0.630. The molecular formula is C17H27NS. The smallest absolute Gasteiger partial charge is 0.0366 e. The number of para-hydroxylation sites is 1. The van der Waals surface area contributed by atoms with Gasteiger partial charge in [-0.1, -0.05) is 37.5 Å². The second-order valence-corrected chi connectivity index (χ2v) is 6.63. The topological polar surface area (TPSA) is 3.24 Å². The van der Waals surface area contributed by atoms with Crippen LogP contribution in [-0.2, 0) is 0 Å². The van der Waals surface area contributed by atoms with Crippen molar-refractivity contribution in [2.24, 2.45) is 0 Å². The lowest BCUT2D eigenvalue weighted by Gasteiger charge is -2.22. The third kappa shape index (κ3) is 5.90. The van der Waals surface area contributed by atoms with E-state index in [9.17, 15) is 0 Å². The minimum absolute atomic E-state index is 1.24. The molecular weight excluding hydrogens is 250 g/mol. The molecule has 0 atom stereocenters. The van der Waals surface area contributed by atoms with Crippen LogP contribution in [0.15, 0.2) is 30.3 Å². The minimum atomic E-state index is 1.24. The molecule has 0 bridgehead atoms. The van der Waals surface area contributed by atoms with E-state index in [1.54, 1.807) is 0 Å². The first-order chi connectivity index (χ1) is 9.47. The van der Waals surface area contributed by atoms with E-state index < -0.39 is 0 Å². The molecule has 3 rings (SSSR count). The monoisotopic (exact) mass is 277 g/mol. The maximum atomic E-state index is 2.51. The van der Waals surface area contributed by atoms with Crippen LogP contribution in [0, 0.1) is 0 Å². The fourth-order valence-corrected chi connectivity index (χ4v) is 3.68. The quantitative estimate of drug-likeness (QED) is 0.713. The highest BCUT2D eigenvalue weighted by Crippen LogP contribution is 2.18. The van der Waals surface area contributed by atoms with Gasteiger partial charge in [0.1, 0.15) is 0 Å². The molecule has 1 aromatic carbocycles. The molecule has 0 saturated carbocycles. The molecule has 2 fully saturated rings. The molecule has 2 aliphatic heterocycles. The summed E-state index contributed by atoms with van der Waals surface area (Å²) in [6.45, 7) is 2.48. The van der Waals surface area contributed by atoms with Gasteiger partial charge in [0.15, 0.2) is 0 Å². The number of nitrogens with zero attached hydrogens (tertiary/aromatic N) is 1. The van der Waals surface area contributed by atoms with Crippen LogP contribution in [0.4, 0.5) is 5.69 Å². The van der Waals surface area contributed by atoms with E-state index in [4.69, 9.17) is 0 Å². The predicted octanol–water partition coefficient (Wildman–Crippen LogP) is 4.97. The zero-order valence-electron chi connectivity index (χ0n) is 12.0. The number of benzene rings is 1. The third-order valence-electron chi connectivity index (χ3n) is 3.80. The maximum absolute atomic E-state index is 2.51. The van der Waals surface area contributed by atoms with Crippen molar-refractivity contribution in [1.82, 2.24) is 0 Å². The summed E-state index contributed by atoms with van der Waals surface area (Å²) < 4.78 is 0. The van der Waals surface area contributed by atoms with Crippen molar-refractivity contribution in [3.05, 3.63) is 30.3 Å². The molecule has 106 valence electrons. The second kappa shape index (κ2) is 9.30. The standard InChI is InChI=1S/C12H17N.C5H10S/c1-2-7-11-13(10-6-1)12-8-4-3-5-9-12;1-2-4-6-5-3-1/h3-5,8-9H,1-2,6-7,10-11H2;1-5H2. The molecule has 1 aromatic rings. The minimum Gasteiger partial charge on any atom is -0.372 e. The lowest BCUT2D eigenvalue weighted by Crippen LogP contribution is -2.23. The Kier molecular flexibility index (Phi) is 7.23. The molecule has 0 radical (unpaired) electrons. The largest absolute Gasteiger partial charge is 0.372 e. The van der Waals surface area contributed by atoms with Gasteiger partial charge in [0.25, 0.3) is 0 Å². The van der Waals surface area contributed by atoms with E-state index in [2.05, 4.69) is 47.0 Å². The average Bonchev–Trinajstić information content (AvgIpc) is 2.80. The predicted molar refractivity (Wildman–Crippen MR) is 88.3 cm³/mol. The summed E-state index contributed by atoms with van der Waals surface area (Å²) in [5.41, 5.74) is 1.39. The van der Waals surface area contributed by atoms with Crippen LogP contribution in [0.3, 0.4) is 0 Å².